The van der Waals surface area contributed by atoms with Crippen LogP contribution >= 0.6 is 0 Å². The van der Waals surface area contributed by atoms with Gasteiger partial charge in [0.1, 0.15) is 11.2 Å². The maximum absolute atomic E-state index is 6.59. The second-order valence-corrected chi connectivity index (χ2v) is 16.6. The third kappa shape index (κ3) is 5.42. The first kappa shape index (κ1) is 33.8. The van der Waals surface area contributed by atoms with Gasteiger partial charge >= 0.3 is 0 Å². The number of benzene rings is 7. The van der Waals surface area contributed by atoms with Gasteiger partial charge < -0.3 is 4.42 Å². The molecule has 2 heteroatoms. The molecule has 7 aromatic carbocycles. The van der Waals surface area contributed by atoms with Crippen LogP contribution in [0.15, 0.2) is 179 Å². The van der Waals surface area contributed by atoms with Crippen molar-refractivity contribution in [2.45, 2.75) is 51.4 Å². The molecule has 57 heavy (non-hydrogen) atoms. The van der Waals surface area contributed by atoms with Crippen LogP contribution in [-0.2, 0) is 18.3 Å². The Bertz CT molecular complexity index is 3010. The topological polar surface area (TPSA) is 25.5 Å². The van der Waals surface area contributed by atoms with Crippen molar-refractivity contribution in [1.29, 1.82) is 0 Å². The lowest BCUT2D eigenvalue weighted by molar-refractivity contribution is 0.649. The summed E-state index contributed by atoms with van der Waals surface area (Å²) in [6.45, 7) is 6.99. The van der Waals surface area contributed by atoms with Crippen molar-refractivity contribution in [2.75, 3.05) is 0 Å². The molecule has 0 saturated heterocycles. The molecule has 274 valence electrons. The molecule has 1 aromatic heterocycles. The minimum atomic E-state index is -0.0188. The standard InChI is InChI=1S/C55H43NO/c1-34-40(36-15-6-4-7-16-36)26-27-50(56-54(34)37-17-8-5-9-18-37)44-22-14-24-52-53(44)47-30-35(25-28-51(47)57-52)29-38-31-39-32-49-46(33-45(39)42-20-11-10-19-41(38)42)43-21-12-13-23-48(43)55(49,2)3/h4-25,27-28,30,32-33,38H,26,29,31H2,1-3H3. The van der Waals surface area contributed by atoms with Crippen LogP contribution in [0.5, 0.6) is 0 Å². The second kappa shape index (κ2) is 13.0. The summed E-state index contributed by atoms with van der Waals surface area (Å²) in [5.74, 6) is 0.363. The Morgan fingerprint density at radius 2 is 1.33 bits per heavy atom. The molecule has 2 heterocycles. The highest BCUT2D eigenvalue weighted by Crippen LogP contribution is 2.52. The minimum Gasteiger partial charge on any atom is -0.456 e. The summed E-state index contributed by atoms with van der Waals surface area (Å²) in [6.07, 6.45) is 5.07. The van der Waals surface area contributed by atoms with Gasteiger partial charge in [-0.2, -0.15) is 0 Å². The molecular formula is C55H43NO. The normalized spacial score (nSPS) is 16.7. The Morgan fingerprint density at radius 3 is 2.16 bits per heavy atom. The highest BCUT2D eigenvalue weighted by atomic mass is 16.3. The Hall–Kier alpha value is -6.51. The summed E-state index contributed by atoms with van der Waals surface area (Å²) in [5.41, 5.74) is 22.4. The number of fused-ring (bicyclic) bond motifs is 9. The van der Waals surface area contributed by atoms with E-state index >= 15 is 0 Å². The Morgan fingerprint density at radius 1 is 0.614 bits per heavy atom. The van der Waals surface area contributed by atoms with Crippen molar-refractivity contribution in [3.05, 3.63) is 214 Å². The van der Waals surface area contributed by atoms with E-state index in [-0.39, 0.29) is 5.41 Å². The van der Waals surface area contributed by atoms with Gasteiger partial charge in [-0.05, 0) is 123 Å². The number of nitrogens with zero attached hydrogens (tertiary/aromatic N) is 1. The first-order valence-corrected chi connectivity index (χ1v) is 20.3. The fourth-order valence-corrected chi connectivity index (χ4v) is 10.1. The summed E-state index contributed by atoms with van der Waals surface area (Å²) in [7, 11) is 0. The number of hydrogen-bond acceptors (Lipinski definition) is 2. The number of furan rings is 1. The third-order valence-corrected chi connectivity index (χ3v) is 13.0. The molecule has 0 bridgehead atoms. The van der Waals surface area contributed by atoms with Gasteiger partial charge in [0.25, 0.3) is 0 Å². The summed E-state index contributed by atoms with van der Waals surface area (Å²) in [5, 5.41) is 2.28. The molecule has 8 aromatic rings. The van der Waals surface area contributed by atoms with Crippen LogP contribution in [-0.4, -0.2) is 5.71 Å². The zero-order chi connectivity index (χ0) is 38.3. The predicted molar refractivity (Wildman–Crippen MR) is 238 cm³/mol. The molecule has 0 saturated carbocycles. The van der Waals surface area contributed by atoms with Crippen LogP contribution in [0.1, 0.15) is 77.6 Å². The Kier molecular flexibility index (Phi) is 7.73. The van der Waals surface area contributed by atoms with Crippen molar-refractivity contribution in [3.63, 3.8) is 0 Å². The monoisotopic (exact) mass is 733 g/mol. The van der Waals surface area contributed by atoms with Gasteiger partial charge in [0, 0.05) is 27.3 Å². The molecule has 3 aliphatic rings. The van der Waals surface area contributed by atoms with Crippen LogP contribution in [0.25, 0.3) is 55.5 Å². The average molecular weight is 734 g/mol. The molecule has 2 nitrogen and oxygen atoms in total. The number of rotatable bonds is 5. The van der Waals surface area contributed by atoms with E-state index in [0.717, 1.165) is 63.7 Å². The molecule has 0 N–H and O–H groups in total. The van der Waals surface area contributed by atoms with E-state index in [2.05, 4.69) is 185 Å². The lowest BCUT2D eigenvalue weighted by atomic mass is 9.74. The van der Waals surface area contributed by atoms with E-state index < -0.39 is 0 Å². The molecule has 1 atom stereocenters. The quantitative estimate of drug-likeness (QED) is 0.173. The fraction of sp³-hybridized carbons (Fsp3) is 0.145. The third-order valence-electron chi connectivity index (χ3n) is 13.0. The Labute approximate surface area is 334 Å². The Balaban J connectivity index is 0.997. The number of hydrogen-bond donors (Lipinski definition) is 0. The van der Waals surface area contributed by atoms with Crippen LogP contribution in [0.4, 0.5) is 0 Å². The van der Waals surface area contributed by atoms with Gasteiger partial charge in [-0.3, -0.25) is 0 Å². The maximum atomic E-state index is 6.59. The molecule has 0 radical (unpaired) electrons. The highest BCUT2D eigenvalue weighted by molar-refractivity contribution is 6.20. The predicted octanol–water partition coefficient (Wildman–Crippen LogP) is 14.1. The van der Waals surface area contributed by atoms with Crippen molar-refractivity contribution in [1.82, 2.24) is 0 Å². The zero-order valence-corrected chi connectivity index (χ0v) is 32.6. The van der Waals surface area contributed by atoms with Crippen LogP contribution in [0.2, 0.25) is 0 Å². The smallest absolute Gasteiger partial charge is 0.136 e. The molecule has 2 aliphatic carbocycles. The SMILES string of the molecule is CC1=C(c2ccccc2)CC=C(c2cccc3oc4ccc(CC5Cc6cc7c(cc6-c6ccccc65)-c5ccccc5C7(C)C)cc4c23)N=C1c1ccccc1. The van der Waals surface area contributed by atoms with E-state index in [0.29, 0.717) is 5.92 Å². The lowest BCUT2D eigenvalue weighted by Gasteiger charge is -2.30. The van der Waals surface area contributed by atoms with E-state index in [1.165, 1.54) is 66.8 Å². The van der Waals surface area contributed by atoms with Crippen molar-refractivity contribution >= 4 is 38.9 Å². The highest BCUT2D eigenvalue weighted by Gasteiger charge is 2.37. The van der Waals surface area contributed by atoms with E-state index in [9.17, 15) is 0 Å². The summed E-state index contributed by atoms with van der Waals surface area (Å²) < 4.78 is 6.59. The lowest BCUT2D eigenvalue weighted by Crippen LogP contribution is -2.18. The molecule has 0 spiro atoms. The summed E-state index contributed by atoms with van der Waals surface area (Å²) >= 11 is 0. The number of aliphatic imine (C=N–C) groups is 1. The average Bonchev–Trinajstić information content (AvgIpc) is 3.66. The van der Waals surface area contributed by atoms with E-state index in [1.807, 2.05) is 0 Å². The second-order valence-electron chi connectivity index (χ2n) is 16.6. The molecule has 0 amide bonds. The van der Waals surface area contributed by atoms with Gasteiger partial charge in [-0.1, -0.05) is 153 Å². The van der Waals surface area contributed by atoms with Gasteiger partial charge in [0.2, 0.25) is 0 Å². The van der Waals surface area contributed by atoms with Gasteiger partial charge in [0.05, 0.1) is 11.4 Å². The van der Waals surface area contributed by atoms with Crippen molar-refractivity contribution in [3.8, 4) is 22.3 Å². The first-order chi connectivity index (χ1) is 27.9. The van der Waals surface area contributed by atoms with E-state index in [1.54, 1.807) is 0 Å². The van der Waals surface area contributed by atoms with Gasteiger partial charge in [-0.25, -0.2) is 4.99 Å². The molecule has 1 aliphatic heterocycles. The molecule has 1 unspecified atom stereocenters. The van der Waals surface area contributed by atoms with Crippen molar-refractivity contribution in [2.24, 2.45) is 4.99 Å². The van der Waals surface area contributed by atoms with Crippen LogP contribution in [0, 0.1) is 0 Å². The number of allylic oxidation sites excluding steroid dienone is 3. The summed E-state index contributed by atoms with van der Waals surface area (Å²) in [4.78, 5) is 5.50. The van der Waals surface area contributed by atoms with Crippen LogP contribution < -0.4 is 0 Å². The van der Waals surface area contributed by atoms with E-state index in [4.69, 9.17) is 9.41 Å². The van der Waals surface area contributed by atoms with Crippen LogP contribution in [0.3, 0.4) is 0 Å². The molecule has 0 fully saturated rings. The zero-order valence-electron chi connectivity index (χ0n) is 32.6. The van der Waals surface area contributed by atoms with Crippen molar-refractivity contribution < 1.29 is 4.42 Å². The van der Waals surface area contributed by atoms with Gasteiger partial charge in [0.15, 0.2) is 0 Å². The summed E-state index contributed by atoms with van der Waals surface area (Å²) in [6, 6.07) is 57.8. The first-order valence-electron chi connectivity index (χ1n) is 20.3. The molecular weight excluding hydrogens is 691 g/mol. The maximum Gasteiger partial charge on any atom is 0.136 e. The molecule has 11 rings (SSSR count). The largest absolute Gasteiger partial charge is 0.456 e. The minimum absolute atomic E-state index is 0.0188. The fourth-order valence-electron chi connectivity index (χ4n) is 10.1. The van der Waals surface area contributed by atoms with Gasteiger partial charge in [-0.15, -0.1) is 0 Å².